The Balaban J connectivity index is 2.70. The lowest BCUT2D eigenvalue weighted by Gasteiger charge is -2.43. The molecule has 2 rings (SSSR count). The number of benzene rings is 2. The number of hydrogen-bond acceptors (Lipinski definition) is 3. The Morgan fingerprint density at radius 2 is 1.44 bits per heavy atom. The second-order valence-electron chi connectivity index (χ2n) is 7.46. The molecule has 3 heteroatoms. The lowest BCUT2D eigenvalue weighted by atomic mass is 9.66. The molecule has 0 aliphatic heterocycles. The van der Waals surface area contributed by atoms with Gasteiger partial charge in [0, 0.05) is 12.5 Å². The van der Waals surface area contributed by atoms with Gasteiger partial charge >= 0.3 is 5.97 Å². The number of carbonyl (C=O) groups excluding carboxylic acids is 1. The van der Waals surface area contributed by atoms with Crippen molar-refractivity contribution in [3.05, 3.63) is 71.8 Å². The minimum Gasteiger partial charge on any atom is -0.461 e. The van der Waals surface area contributed by atoms with Gasteiger partial charge in [-0.05, 0) is 45.0 Å². The molecule has 0 radical (unpaired) electrons. The van der Waals surface area contributed by atoms with Crippen molar-refractivity contribution in [1.29, 1.82) is 0 Å². The van der Waals surface area contributed by atoms with Crippen LogP contribution in [0, 0.1) is 0 Å². The number of hydrogen-bond donors (Lipinski definition) is 0. The molecular formula is C24H33NO2. The third-order valence-corrected chi connectivity index (χ3v) is 5.56. The summed E-state index contributed by atoms with van der Waals surface area (Å²) < 4.78 is 6.05. The zero-order valence-electron chi connectivity index (χ0n) is 17.3. The molecule has 0 spiro atoms. The monoisotopic (exact) mass is 367 g/mol. The Kier molecular flexibility index (Phi) is 7.61. The van der Waals surface area contributed by atoms with E-state index in [1.54, 1.807) is 0 Å². The number of nitrogens with zero attached hydrogens (tertiary/aromatic N) is 1. The van der Waals surface area contributed by atoms with Crippen LogP contribution in [0.1, 0.15) is 51.2 Å². The highest BCUT2D eigenvalue weighted by atomic mass is 16.5. The summed E-state index contributed by atoms with van der Waals surface area (Å²) in [7, 11) is 4.20. The molecule has 0 saturated carbocycles. The molecule has 3 nitrogen and oxygen atoms in total. The molecule has 2 aromatic carbocycles. The van der Waals surface area contributed by atoms with Crippen molar-refractivity contribution in [3.63, 3.8) is 0 Å². The third kappa shape index (κ3) is 4.78. The normalized spacial score (nSPS) is 14.0. The molecule has 0 aromatic heterocycles. The zero-order valence-corrected chi connectivity index (χ0v) is 17.3. The quantitative estimate of drug-likeness (QED) is 0.581. The number of carbonyl (C=O) groups is 1. The summed E-state index contributed by atoms with van der Waals surface area (Å²) in [6.45, 7) is 6.19. The molecule has 2 atom stereocenters. The fourth-order valence-corrected chi connectivity index (χ4v) is 3.80. The van der Waals surface area contributed by atoms with Gasteiger partial charge in [-0.2, -0.15) is 0 Å². The molecule has 0 fully saturated rings. The SMILES string of the molecule is CCC(=O)OC(CC)C(CC(C)N(C)C)(c1ccccc1)c1ccccc1. The standard InChI is InChI=1S/C24H33NO2/c1-6-22(27-23(26)7-2)24(18-19(3)25(4)5,20-14-10-8-11-15-20)21-16-12-9-13-17-21/h8-17,19,22H,6-7,18H2,1-5H3. The van der Waals surface area contributed by atoms with Gasteiger partial charge in [0.2, 0.25) is 0 Å². The van der Waals surface area contributed by atoms with E-state index in [0.29, 0.717) is 12.5 Å². The van der Waals surface area contributed by atoms with Gasteiger partial charge in [0.25, 0.3) is 0 Å². The zero-order chi connectivity index (χ0) is 19.9. The van der Waals surface area contributed by atoms with E-state index in [2.05, 4.69) is 81.4 Å². The van der Waals surface area contributed by atoms with Gasteiger partial charge in [0.05, 0.1) is 5.41 Å². The van der Waals surface area contributed by atoms with Crippen LogP contribution >= 0.6 is 0 Å². The smallest absolute Gasteiger partial charge is 0.305 e. The Bertz CT molecular complexity index is 657. The summed E-state index contributed by atoms with van der Waals surface area (Å²) in [6.07, 6.45) is 1.79. The molecule has 0 bridgehead atoms. The first-order valence-corrected chi connectivity index (χ1v) is 9.92. The maximum Gasteiger partial charge on any atom is 0.305 e. The van der Waals surface area contributed by atoms with Crippen molar-refractivity contribution in [2.24, 2.45) is 0 Å². The van der Waals surface area contributed by atoms with Gasteiger partial charge in [-0.15, -0.1) is 0 Å². The summed E-state index contributed by atoms with van der Waals surface area (Å²) in [5.74, 6) is -0.143. The maximum absolute atomic E-state index is 12.3. The predicted molar refractivity (Wildman–Crippen MR) is 112 cm³/mol. The Hall–Kier alpha value is -2.13. The van der Waals surface area contributed by atoms with Crippen molar-refractivity contribution in [2.75, 3.05) is 14.1 Å². The first kappa shape index (κ1) is 21.2. The van der Waals surface area contributed by atoms with Crippen LogP contribution < -0.4 is 0 Å². The van der Waals surface area contributed by atoms with Crippen LogP contribution in [0.25, 0.3) is 0 Å². The van der Waals surface area contributed by atoms with Crippen LogP contribution in [0.2, 0.25) is 0 Å². The van der Waals surface area contributed by atoms with E-state index in [1.165, 1.54) is 11.1 Å². The molecule has 2 aromatic rings. The highest BCUT2D eigenvalue weighted by Gasteiger charge is 2.44. The average Bonchev–Trinajstić information content (AvgIpc) is 2.71. The molecule has 0 N–H and O–H groups in total. The van der Waals surface area contributed by atoms with Crippen LogP contribution in [0.5, 0.6) is 0 Å². The summed E-state index contributed by atoms with van der Waals surface area (Å²) in [5, 5.41) is 0. The topological polar surface area (TPSA) is 29.5 Å². The predicted octanol–water partition coefficient (Wildman–Crippen LogP) is 5.04. The second-order valence-corrected chi connectivity index (χ2v) is 7.46. The lowest BCUT2D eigenvalue weighted by molar-refractivity contribution is -0.152. The summed E-state index contributed by atoms with van der Waals surface area (Å²) >= 11 is 0. The summed E-state index contributed by atoms with van der Waals surface area (Å²) in [6, 6.07) is 21.3. The molecule has 0 aliphatic rings. The van der Waals surface area contributed by atoms with E-state index >= 15 is 0 Å². The highest BCUT2D eigenvalue weighted by molar-refractivity contribution is 5.69. The number of esters is 1. The van der Waals surface area contributed by atoms with Crippen molar-refractivity contribution < 1.29 is 9.53 Å². The molecule has 0 saturated heterocycles. The number of rotatable bonds is 9. The lowest BCUT2D eigenvalue weighted by Crippen LogP contribution is -2.47. The largest absolute Gasteiger partial charge is 0.461 e. The van der Waals surface area contributed by atoms with Crippen LogP contribution in [0.15, 0.2) is 60.7 Å². The van der Waals surface area contributed by atoms with Gasteiger partial charge in [-0.3, -0.25) is 4.79 Å². The van der Waals surface area contributed by atoms with Gasteiger partial charge in [0.15, 0.2) is 0 Å². The Morgan fingerprint density at radius 3 is 1.81 bits per heavy atom. The van der Waals surface area contributed by atoms with E-state index in [-0.39, 0.29) is 12.1 Å². The summed E-state index contributed by atoms with van der Waals surface area (Å²) in [5.41, 5.74) is 1.99. The fourth-order valence-electron chi connectivity index (χ4n) is 3.80. The van der Waals surface area contributed by atoms with Gasteiger partial charge in [0.1, 0.15) is 6.10 Å². The molecule has 0 amide bonds. The summed E-state index contributed by atoms with van der Waals surface area (Å²) in [4.78, 5) is 14.5. The first-order valence-electron chi connectivity index (χ1n) is 9.92. The van der Waals surface area contributed by atoms with E-state index < -0.39 is 5.41 Å². The minimum atomic E-state index is -0.397. The molecule has 2 unspecified atom stereocenters. The van der Waals surface area contributed by atoms with Crippen molar-refractivity contribution in [1.82, 2.24) is 4.90 Å². The third-order valence-electron chi connectivity index (χ3n) is 5.56. The van der Waals surface area contributed by atoms with Gasteiger partial charge < -0.3 is 9.64 Å². The maximum atomic E-state index is 12.3. The minimum absolute atomic E-state index is 0.143. The van der Waals surface area contributed by atoms with Crippen LogP contribution in [-0.2, 0) is 14.9 Å². The average molecular weight is 368 g/mol. The van der Waals surface area contributed by atoms with E-state index in [0.717, 1.165) is 12.8 Å². The Morgan fingerprint density at radius 1 is 0.963 bits per heavy atom. The molecular weight excluding hydrogens is 334 g/mol. The van der Waals surface area contributed by atoms with E-state index in [4.69, 9.17) is 4.74 Å². The fraction of sp³-hybridized carbons (Fsp3) is 0.458. The highest BCUT2D eigenvalue weighted by Crippen LogP contribution is 2.43. The number of ether oxygens (including phenoxy) is 1. The first-order chi connectivity index (χ1) is 13.0. The van der Waals surface area contributed by atoms with E-state index in [1.807, 2.05) is 19.1 Å². The van der Waals surface area contributed by atoms with Crippen LogP contribution in [0.4, 0.5) is 0 Å². The van der Waals surface area contributed by atoms with Crippen molar-refractivity contribution >= 4 is 5.97 Å². The van der Waals surface area contributed by atoms with E-state index in [9.17, 15) is 4.79 Å². The van der Waals surface area contributed by atoms with Crippen LogP contribution in [0.3, 0.4) is 0 Å². The Labute approximate surface area is 164 Å². The second kappa shape index (κ2) is 9.70. The van der Waals surface area contributed by atoms with Crippen molar-refractivity contribution in [3.8, 4) is 0 Å². The molecule has 27 heavy (non-hydrogen) atoms. The van der Waals surface area contributed by atoms with Crippen LogP contribution in [-0.4, -0.2) is 37.1 Å². The molecule has 0 aliphatic carbocycles. The molecule has 0 heterocycles. The molecule has 146 valence electrons. The van der Waals surface area contributed by atoms with Gasteiger partial charge in [-0.1, -0.05) is 74.5 Å². The van der Waals surface area contributed by atoms with Crippen molar-refractivity contribution in [2.45, 2.75) is 57.6 Å². The van der Waals surface area contributed by atoms with Gasteiger partial charge in [-0.25, -0.2) is 0 Å².